The van der Waals surface area contributed by atoms with Gasteiger partial charge in [-0.2, -0.15) is 0 Å². The topological polar surface area (TPSA) is 34.1 Å². The van der Waals surface area contributed by atoms with Gasteiger partial charge in [-0.3, -0.25) is 0 Å². The molecule has 0 aliphatic carbocycles. The van der Waals surface area contributed by atoms with Crippen LogP contribution in [-0.4, -0.2) is 12.6 Å². The van der Waals surface area contributed by atoms with E-state index in [0.717, 1.165) is 19.3 Å². The standard InChI is InChI=1S/C11H20O.CH2O/c1-9(2)6-5-7-10(3)8-11(4)12;1-2/h6,10H,5,7-8H2,1-4H3;1H2. The van der Waals surface area contributed by atoms with E-state index in [0.29, 0.717) is 11.7 Å². The molecule has 0 aliphatic rings. The lowest BCUT2D eigenvalue weighted by molar-refractivity contribution is -0.117. The van der Waals surface area contributed by atoms with Crippen LogP contribution in [0.5, 0.6) is 0 Å². The van der Waals surface area contributed by atoms with Gasteiger partial charge in [0, 0.05) is 6.42 Å². The van der Waals surface area contributed by atoms with E-state index in [1.54, 1.807) is 6.92 Å². The minimum atomic E-state index is 0.305. The van der Waals surface area contributed by atoms with Crippen molar-refractivity contribution in [1.82, 2.24) is 0 Å². The lowest BCUT2D eigenvalue weighted by Crippen LogP contribution is -2.00. The Bertz CT molecular complexity index is 179. The van der Waals surface area contributed by atoms with E-state index in [1.807, 2.05) is 6.79 Å². The van der Waals surface area contributed by atoms with Gasteiger partial charge in [-0.25, -0.2) is 0 Å². The second-order valence-corrected chi connectivity index (χ2v) is 3.87. The van der Waals surface area contributed by atoms with Crippen LogP contribution in [0.1, 0.15) is 47.0 Å². The van der Waals surface area contributed by atoms with Gasteiger partial charge in [0.25, 0.3) is 0 Å². The Kier molecular flexibility index (Phi) is 11.3. The summed E-state index contributed by atoms with van der Waals surface area (Å²) in [4.78, 5) is 18.7. The molecule has 0 saturated heterocycles. The molecule has 0 aromatic carbocycles. The molecular formula is C12H22O2. The molecule has 0 rings (SSSR count). The molecule has 0 amide bonds. The summed E-state index contributed by atoms with van der Waals surface area (Å²) in [5, 5.41) is 0. The van der Waals surface area contributed by atoms with Crippen molar-refractivity contribution in [2.24, 2.45) is 5.92 Å². The van der Waals surface area contributed by atoms with E-state index in [9.17, 15) is 4.79 Å². The summed E-state index contributed by atoms with van der Waals surface area (Å²) in [6, 6.07) is 0. The predicted molar refractivity (Wildman–Crippen MR) is 60.2 cm³/mol. The van der Waals surface area contributed by atoms with Gasteiger partial charge in [0.1, 0.15) is 12.6 Å². The summed E-state index contributed by atoms with van der Waals surface area (Å²) in [5.41, 5.74) is 1.37. The van der Waals surface area contributed by atoms with Crippen molar-refractivity contribution in [3.05, 3.63) is 11.6 Å². The predicted octanol–water partition coefficient (Wildman–Crippen LogP) is 3.16. The maximum atomic E-state index is 10.7. The van der Waals surface area contributed by atoms with Crippen LogP contribution in [-0.2, 0) is 9.59 Å². The molecule has 0 aromatic rings. The molecule has 0 spiro atoms. The molecule has 0 N–H and O–H groups in total. The van der Waals surface area contributed by atoms with Gasteiger partial charge in [0.05, 0.1) is 0 Å². The summed E-state index contributed by atoms with van der Waals surface area (Å²) in [5.74, 6) is 0.845. The molecule has 0 aliphatic heterocycles. The van der Waals surface area contributed by atoms with E-state index in [-0.39, 0.29) is 0 Å². The third-order valence-corrected chi connectivity index (χ3v) is 1.85. The van der Waals surface area contributed by atoms with Crippen molar-refractivity contribution in [3.8, 4) is 0 Å². The van der Waals surface area contributed by atoms with Crippen molar-refractivity contribution < 1.29 is 9.59 Å². The third-order valence-electron chi connectivity index (χ3n) is 1.85. The highest BCUT2D eigenvalue weighted by atomic mass is 16.1. The fourth-order valence-corrected chi connectivity index (χ4v) is 1.25. The van der Waals surface area contributed by atoms with Crippen molar-refractivity contribution in [2.75, 3.05) is 0 Å². The Hall–Kier alpha value is -0.920. The van der Waals surface area contributed by atoms with Gasteiger partial charge < -0.3 is 9.59 Å². The van der Waals surface area contributed by atoms with E-state index in [1.165, 1.54) is 5.57 Å². The Balaban J connectivity index is 0. The first-order valence-electron chi connectivity index (χ1n) is 4.94. The zero-order chi connectivity index (χ0) is 11.6. The van der Waals surface area contributed by atoms with Crippen LogP contribution in [0.25, 0.3) is 0 Å². The molecule has 2 nitrogen and oxygen atoms in total. The smallest absolute Gasteiger partial charge is 0.130 e. The van der Waals surface area contributed by atoms with Crippen molar-refractivity contribution in [1.29, 1.82) is 0 Å². The number of hydrogen-bond donors (Lipinski definition) is 0. The highest BCUT2D eigenvalue weighted by Crippen LogP contribution is 2.11. The third kappa shape index (κ3) is 13.7. The van der Waals surface area contributed by atoms with E-state index in [2.05, 4.69) is 26.8 Å². The van der Waals surface area contributed by atoms with Gasteiger partial charge in [-0.1, -0.05) is 18.6 Å². The molecule has 82 valence electrons. The number of Topliss-reactive ketones (excluding diaryl/α,β-unsaturated/α-hetero) is 1. The van der Waals surface area contributed by atoms with Gasteiger partial charge >= 0.3 is 0 Å². The monoisotopic (exact) mass is 198 g/mol. The summed E-state index contributed by atoms with van der Waals surface area (Å²) in [6.45, 7) is 10.0. The molecule has 14 heavy (non-hydrogen) atoms. The zero-order valence-corrected chi connectivity index (χ0v) is 9.80. The first kappa shape index (κ1) is 15.5. The Labute approximate surface area is 87.4 Å². The van der Waals surface area contributed by atoms with Crippen LogP contribution >= 0.6 is 0 Å². The summed E-state index contributed by atoms with van der Waals surface area (Å²) < 4.78 is 0. The highest BCUT2D eigenvalue weighted by Gasteiger charge is 2.03. The zero-order valence-electron chi connectivity index (χ0n) is 9.80. The lowest BCUT2D eigenvalue weighted by atomic mass is 9.99. The number of carbonyl (C=O) groups is 2. The van der Waals surface area contributed by atoms with Gasteiger partial charge in [-0.15, -0.1) is 0 Å². The first-order valence-corrected chi connectivity index (χ1v) is 4.94. The average Bonchev–Trinajstić information content (AvgIpc) is 2.05. The quantitative estimate of drug-likeness (QED) is 0.636. The van der Waals surface area contributed by atoms with Crippen molar-refractivity contribution in [3.63, 3.8) is 0 Å². The normalized spacial score (nSPS) is 10.9. The highest BCUT2D eigenvalue weighted by molar-refractivity contribution is 5.75. The molecule has 0 aromatic heterocycles. The number of ketones is 1. The first-order chi connectivity index (χ1) is 6.52. The fourth-order valence-electron chi connectivity index (χ4n) is 1.25. The Morgan fingerprint density at radius 2 is 1.79 bits per heavy atom. The van der Waals surface area contributed by atoms with Gasteiger partial charge in [0.15, 0.2) is 0 Å². The maximum absolute atomic E-state index is 10.7. The number of allylic oxidation sites excluding steroid dienone is 2. The van der Waals surface area contributed by atoms with Crippen LogP contribution in [0.4, 0.5) is 0 Å². The lowest BCUT2D eigenvalue weighted by Gasteiger charge is -2.06. The van der Waals surface area contributed by atoms with Crippen molar-refractivity contribution >= 4 is 12.6 Å². The largest absolute Gasteiger partial charge is 0.307 e. The van der Waals surface area contributed by atoms with Gasteiger partial charge in [0.2, 0.25) is 0 Å². The van der Waals surface area contributed by atoms with Crippen LogP contribution < -0.4 is 0 Å². The average molecular weight is 198 g/mol. The Morgan fingerprint density at radius 3 is 2.14 bits per heavy atom. The molecule has 0 heterocycles. The van der Waals surface area contributed by atoms with Crippen LogP contribution in [0, 0.1) is 5.92 Å². The van der Waals surface area contributed by atoms with E-state index in [4.69, 9.17) is 4.79 Å². The van der Waals surface area contributed by atoms with E-state index >= 15 is 0 Å². The van der Waals surface area contributed by atoms with Crippen LogP contribution in [0.3, 0.4) is 0 Å². The molecule has 0 fully saturated rings. The molecule has 0 bridgehead atoms. The second kappa shape index (κ2) is 10.2. The fraction of sp³-hybridized carbons (Fsp3) is 0.667. The number of carbonyl (C=O) groups excluding carboxylic acids is 2. The molecule has 1 unspecified atom stereocenters. The maximum Gasteiger partial charge on any atom is 0.130 e. The molecule has 1 atom stereocenters. The summed E-state index contributed by atoms with van der Waals surface area (Å²) in [6.07, 6.45) is 5.20. The SMILES string of the molecule is C=O.CC(=O)CC(C)CCC=C(C)C. The minimum Gasteiger partial charge on any atom is -0.307 e. The number of rotatable bonds is 5. The van der Waals surface area contributed by atoms with Gasteiger partial charge in [-0.05, 0) is 39.5 Å². The second-order valence-electron chi connectivity index (χ2n) is 3.87. The summed E-state index contributed by atoms with van der Waals surface area (Å²) >= 11 is 0. The molecule has 0 saturated carbocycles. The number of hydrogen-bond acceptors (Lipinski definition) is 2. The summed E-state index contributed by atoms with van der Waals surface area (Å²) in [7, 11) is 0. The molecular weight excluding hydrogens is 176 g/mol. The van der Waals surface area contributed by atoms with Crippen molar-refractivity contribution in [2.45, 2.75) is 47.0 Å². The minimum absolute atomic E-state index is 0.305. The van der Waals surface area contributed by atoms with E-state index < -0.39 is 0 Å². The molecule has 0 radical (unpaired) electrons. The molecule has 2 heteroatoms. The van der Waals surface area contributed by atoms with Crippen LogP contribution in [0.15, 0.2) is 11.6 Å². The Morgan fingerprint density at radius 1 is 1.29 bits per heavy atom. The van der Waals surface area contributed by atoms with Crippen LogP contribution in [0.2, 0.25) is 0 Å².